The first kappa shape index (κ1) is 25.2. The van der Waals surface area contributed by atoms with Crippen LogP contribution < -0.4 is 10.1 Å². The largest absolute Gasteiger partial charge is 0.491 e. The number of alkyl halides is 3. The summed E-state index contributed by atoms with van der Waals surface area (Å²) in [4.78, 5) is 25.0. The number of aliphatic hydroxyl groups excluding tert-OH is 1. The van der Waals surface area contributed by atoms with Crippen molar-refractivity contribution in [1.82, 2.24) is 4.90 Å². The molecule has 2 N–H and O–H groups in total. The molecular formula is C23H27F3N2O4. The van der Waals surface area contributed by atoms with Crippen LogP contribution in [0.3, 0.4) is 0 Å². The first-order valence-electron chi connectivity index (χ1n) is 10.2. The Kier molecular flexibility index (Phi) is 9.07. The molecule has 0 aliphatic heterocycles. The SMILES string of the molecule is Cc1cccc(NC(=O)Cc2ccc(C(F)(F)F)cc2)c1OCCCN(C=O)[C@@H](C)CO. The number of hydrogen-bond donors (Lipinski definition) is 2. The quantitative estimate of drug-likeness (QED) is 0.402. The molecule has 1 atom stereocenters. The fourth-order valence-corrected chi connectivity index (χ4v) is 3.04. The third kappa shape index (κ3) is 7.26. The fraction of sp³-hybridized carbons (Fsp3) is 0.391. The molecule has 0 fully saturated rings. The van der Waals surface area contributed by atoms with Crippen molar-refractivity contribution in [2.45, 2.75) is 38.9 Å². The minimum absolute atomic E-state index is 0.0845. The van der Waals surface area contributed by atoms with Gasteiger partial charge in [0.05, 0.1) is 36.9 Å². The van der Waals surface area contributed by atoms with Crippen LogP contribution in [0.25, 0.3) is 0 Å². The summed E-state index contributed by atoms with van der Waals surface area (Å²) in [6.07, 6.45) is -3.30. The van der Waals surface area contributed by atoms with Gasteiger partial charge in [-0.3, -0.25) is 9.59 Å². The Morgan fingerprint density at radius 2 is 1.91 bits per heavy atom. The summed E-state index contributed by atoms with van der Waals surface area (Å²) in [5.74, 6) is 0.102. The summed E-state index contributed by atoms with van der Waals surface area (Å²) in [5.41, 5.74) is 0.946. The normalized spacial score (nSPS) is 12.2. The van der Waals surface area contributed by atoms with E-state index in [1.807, 2.05) is 13.0 Å². The van der Waals surface area contributed by atoms with E-state index in [9.17, 15) is 22.8 Å². The zero-order chi connectivity index (χ0) is 23.7. The van der Waals surface area contributed by atoms with Crippen molar-refractivity contribution < 1.29 is 32.6 Å². The van der Waals surface area contributed by atoms with Gasteiger partial charge in [0, 0.05) is 6.54 Å². The third-order valence-electron chi connectivity index (χ3n) is 4.90. The number of hydrogen-bond acceptors (Lipinski definition) is 4. The van der Waals surface area contributed by atoms with E-state index in [2.05, 4.69) is 5.32 Å². The van der Waals surface area contributed by atoms with Crippen LogP contribution in [-0.2, 0) is 22.2 Å². The van der Waals surface area contributed by atoms with Gasteiger partial charge >= 0.3 is 6.18 Å². The lowest BCUT2D eigenvalue weighted by Gasteiger charge is -2.23. The Bertz CT molecular complexity index is 901. The van der Waals surface area contributed by atoms with E-state index < -0.39 is 11.7 Å². The number of carbonyl (C=O) groups is 2. The monoisotopic (exact) mass is 452 g/mol. The van der Waals surface area contributed by atoms with Crippen molar-refractivity contribution in [3.63, 3.8) is 0 Å². The van der Waals surface area contributed by atoms with E-state index in [1.165, 1.54) is 17.0 Å². The molecule has 2 amide bonds. The predicted octanol–water partition coefficient (Wildman–Crippen LogP) is 3.80. The van der Waals surface area contributed by atoms with Crippen LogP contribution in [0, 0.1) is 6.92 Å². The van der Waals surface area contributed by atoms with Crippen molar-refractivity contribution in [2.24, 2.45) is 0 Å². The van der Waals surface area contributed by atoms with Gasteiger partial charge in [-0.1, -0.05) is 24.3 Å². The second-order valence-electron chi connectivity index (χ2n) is 7.45. The van der Waals surface area contributed by atoms with Crippen molar-refractivity contribution >= 4 is 18.0 Å². The van der Waals surface area contributed by atoms with Gasteiger partial charge < -0.3 is 20.1 Å². The minimum Gasteiger partial charge on any atom is -0.491 e. The topological polar surface area (TPSA) is 78.9 Å². The highest BCUT2D eigenvalue weighted by Gasteiger charge is 2.30. The van der Waals surface area contributed by atoms with Crippen LogP contribution in [0.5, 0.6) is 5.75 Å². The molecular weight excluding hydrogens is 425 g/mol. The van der Waals surface area contributed by atoms with Gasteiger partial charge in [0.15, 0.2) is 0 Å². The number of rotatable bonds is 11. The molecule has 174 valence electrons. The summed E-state index contributed by atoms with van der Waals surface area (Å²) in [7, 11) is 0. The van der Waals surface area contributed by atoms with Gasteiger partial charge in [0.1, 0.15) is 5.75 Å². The summed E-state index contributed by atoms with van der Waals surface area (Å²) >= 11 is 0. The summed E-state index contributed by atoms with van der Waals surface area (Å²) in [6.45, 7) is 4.13. The molecule has 2 rings (SSSR count). The van der Waals surface area contributed by atoms with Gasteiger partial charge in [-0.2, -0.15) is 13.2 Å². The maximum Gasteiger partial charge on any atom is 0.416 e. The molecule has 0 radical (unpaired) electrons. The van der Waals surface area contributed by atoms with Crippen molar-refractivity contribution in [2.75, 3.05) is 25.1 Å². The molecule has 0 aliphatic carbocycles. The van der Waals surface area contributed by atoms with Crippen LogP contribution >= 0.6 is 0 Å². The number of carbonyl (C=O) groups excluding carboxylic acids is 2. The van der Waals surface area contributed by atoms with Crippen LogP contribution in [0.2, 0.25) is 0 Å². The number of aliphatic hydroxyl groups is 1. The number of nitrogens with one attached hydrogen (secondary N) is 1. The summed E-state index contributed by atoms with van der Waals surface area (Å²) in [6, 6.07) is 9.43. The van der Waals surface area contributed by atoms with Gasteiger partial charge in [0.2, 0.25) is 12.3 Å². The number of nitrogens with zero attached hydrogens (tertiary/aromatic N) is 1. The van der Waals surface area contributed by atoms with Gasteiger partial charge in [-0.25, -0.2) is 0 Å². The van der Waals surface area contributed by atoms with E-state index in [0.717, 1.165) is 17.7 Å². The first-order valence-corrected chi connectivity index (χ1v) is 10.2. The Labute approximate surface area is 185 Å². The second kappa shape index (κ2) is 11.5. The zero-order valence-corrected chi connectivity index (χ0v) is 18.0. The predicted molar refractivity (Wildman–Crippen MR) is 114 cm³/mol. The van der Waals surface area contributed by atoms with Crippen LogP contribution in [-0.4, -0.2) is 48.1 Å². The Hall–Kier alpha value is -3.07. The average molecular weight is 452 g/mol. The highest BCUT2D eigenvalue weighted by molar-refractivity contribution is 5.94. The minimum atomic E-state index is -4.42. The number of halogens is 3. The van der Waals surface area contributed by atoms with Crippen molar-refractivity contribution in [3.8, 4) is 5.75 Å². The van der Waals surface area contributed by atoms with Gasteiger partial charge in [-0.05, 0) is 49.6 Å². The molecule has 0 unspecified atom stereocenters. The maximum atomic E-state index is 12.7. The van der Waals surface area contributed by atoms with E-state index in [4.69, 9.17) is 9.84 Å². The Balaban J connectivity index is 1.97. The molecule has 0 saturated heterocycles. The lowest BCUT2D eigenvalue weighted by Crippen LogP contribution is -2.35. The number of amides is 2. The lowest BCUT2D eigenvalue weighted by atomic mass is 10.1. The standard InChI is InChI=1S/C23H27F3N2O4/c1-16-5-3-6-20(22(16)32-12-4-11-28(15-30)17(2)14-29)27-21(31)13-18-7-9-19(10-8-18)23(24,25)26/h3,5-10,15,17,29H,4,11-14H2,1-2H3,(H,27,31)/t17-/m0/s1. The van der Waals surface area contributed by atoms with E-state index in [-0.39, 0.29) is 31.6 Å². The van der Waals surface area contributed by atoms with Crippen molar-refractivity contribution in [3.05, 3.63) is 59.2 Å². The first-order chi connectivity index (χ1) is 15.2. The van der Waals surface area contributed by atoms with E-state index in [0.29, 0.717) is 36.4 Å². The summed E-state index contributed by atoms with van der Waals surface area (Å²) < 4.78 is 43.9. The smallest absolute Gasteiger partial charge is 0.416 e. The number of ether oxygens (including phenoxy) is 1. The zero-order valence-electron chi connectivity index (χ0n) is 18.0. The molecule has 0 heterocycles. The lowest BCUT2D eigenvalue weighted by molar-refractivity contribution is -0.137. The molecule has 0 bridgehead atoms. The fourth-order valence-electron chi connectivity index (χ4n) is 3.04. The molecule has 0 saturated carbocycles. The van der Waals surface area contributed by atoms with Crippen LogP contribution in [0.4, 0.5) is 18.9 Å². The average Bonchev–Trinajstić information content (AvgIpc) is 2.74. The molecule has 2 aromatic carbocycles. The molecule has 2 aromatic rings. The third-order valence-corrected chi connectivity index (χ3v) is 4.90. The maximum absolute atomic E-state index is 12.7. The van der Waals surface area contributed by atoms with E-state index in [1.54, 1.807) is 19.1 Å². The number of aryl methyl sites for hydroxylation is 1. The number of anilines is 1. The highest BCUT2D eigenvalue weighted by atomic mass is 19.4. The highest BCUT2D eigenvalue weighted by Crippen LogP contribution is 2.30. The molecule has 32 heavy (non-hydrogen) atoms. The summed E-state index contributed by atoms with van der Waals surface area (Å²) in [5, 5.41) is 11.9. The Morgan fingerprint density at radius 1 is 1.22 bits per heavy atom. The van der Waals surface area contributed by atoms with Crippen molar-refractivity contribution in [1.29, 1.82) is 0 Å². The number of para-hydroxylation sites is 1. The molecule has 0 aliphatic rings. The second-order valence-corrected chi connectivity index (χ2v) is 7.45. The van der Waals surface area contributed by atoms with Crippen LogP contribution in [0.1, 0.15) is 30.0 Å². The molecule has 6 nitrogen and oxygen atoms in total. The molecule has 9 heteroatoms. The Morgan fingerprint density at radius 3 is 2.50 bits per heavy atom. The molecule has 0 aromatic heterocycles. The van der Waals surface area contributed by atoms with Gasteiger partial charge in [0.25, 0.3) is 0 Å². The van der Waals surface area contributed by atoms with Crippen LogP contribution in [0.15, 0.2) is 42.5 Å². The molecule has 0 spiro atoms. The van der Waals surface area contributed by atoms with Gasteiger partial charge in [-0.15, -0.1) is 0 Å². The number of benzene rings is 2. The van der Waals surface area contributed by atoms with E-state index >= 15 is 0 Å².